The molecule has 102 valence electrons. The Hall–Kier alpha value is -1.58. The Morgan fingerprint density at radius 3 is 3.00 bits per heavy atom. The number of carbonyl (C=O) groups excluding carboxylic acids is 1. The molecule has 2 heterocycles. The highest BCUT2D eigenvalue weighted by molar-refractivity contribution is 5.79. The number of carbonyl (C=O) groups is 1. The first kappa shape index (κ1) is 12.5. The Morgan fingerprint density at radius 2 is 2.26 bits per heavy atom. The second kappa shape index (κ2) is 5.59. The second-order valence-corrected chi connectivity index (χ2v) is 5.54. The molecule has 0 unspecified atom stereocenters. The third-order valence-corrected chi connectivity index (χ3v) is 4.24. The predicted octanol–water partition coefficient (Wildman–Crippen LogP) is 2.23. The molecule has 4 nitrogen and oxygen atoms in total. The van der Waals surface area contributed by atoms with Crippen LogP contribution < -0.4 is 0 Å². The number of hydrogen-bond donors (Lipinski definition) is 0. The fraction of sp³-hybridized carbons (Fsp3) is 0.600. The zero-order valence-corrected chi connectivity index (χ0v) is 11.2. The van der Waals surface area contributed by atoms with Crippen molar-refractivity contribution in [3.63, 3.8) is 0 Å². The van der Waals surface area contributed by atoms with Gasteiger partial charge in [-0.1, -0.05) is 12.2 Å². The topological polar surface area (TPSA) is 38.1 Å². The summed E-state index contributed by atoms with van der Waals surface area (Å²) in [5.41, 5.74) is 0. The van der Waals surface area contributed by atoms with E-state index in [0.29, 0.717) is 11.9 Å². The summed E-state index contributed by atoms with van der Waals surface area (Å²) in [6, 6.07) is 2.27. The fourth-order valence-electron chi connectivity index (χ4n) is 3.19. The average Bonchev–Trinajstić information content (AvgIpc) is 3.11. The highest BCUT2D eigenvalue weighted by Crippen LogP contribution is 2.26. The summed E-state index contributed by atoms with van der Waals surface area (Å²) in [4.78, 5) is 14.7. The molecule has 1 aliphatic carbocycles. The summed E-state index contributed by atoms with van der Waals surface area (Å²) in [6.45, 7) is 1.76. The van der Waals surface area contributed by atoms with Gasteiger partial charge >= 0.3 is 0 Å². The Bertz CT molecular complexity index is 452. The number of amides is 1. The van der Waals surface area contributed by atoms with Crippen molar-refractivity contribution < 1.29 is 4.79 Å². The molecule has 1 saturated heterocycles. The van der Waals surface area contributed by atoms with Crippen LogP contribution in [0.25, 0.3) is 0 Å². The Kier molecular flexibility index (Phi) is 3.67. The first-order chi connectivity index (χ1) is 9.34. The van der Waals surface area contributed by atoms with Crippen LogP contribution in [-0.2, 0) is 11.3 Å². The molecule has 1 aliphatic heterocycles. The largest absolute Gasteiger partial charge is 0.338 e. The van der Waals surface area contributed by atoms with Crippen LogP contribution in [0.2, 0.25) is 0 Å². The van der Waals surface area contributed by atoms with Crippen LogP contribution in [0.3, 0.4) is 0 Å². The standard InChI is InChI=1S/C15H21N3O/c19-15(13-6-2-1-3-7-13)18-11-4-8-14(18)12-17-10-5-9-16-17/h1-2,5,9-10,13-14H,3-4,6-8,11-12H2/t13-,14+/m1/s1. The molecular weight excluding hydrogens is 238 g/mol. The minimum Gasteiger partial charge on any atom is -0.338 e. The van der Waals surface area contributed by atoms with Gasteiger partial charge in [0.1, 0.15) is 0 Å². The van der Waals surface area contributed by atoms with E-state index in [1.165, 1.54) is 0 Å². The lowest BCUT2D eigenvalue weighted by atomic mass is 9.93. The number of allylic oxidation sites excluding steroid dienone is 2. The Morgan fingerprint density at radius 1 is 1.32 bits per heavy atom. The predicted molar refractivity (Wildman–Crippen MR) is 73.4 cm³/mol. The molecule has 3 rings (SSSR count). The molecule has 4 heteroatoms. The van der Waals surface area contributed by atoms with E-state index in [1.54, 1.807) is 6.20 Å². The number of rotatable bonds is 3. The van der Waals surface area contributed by atoms with E-state index in [9.17, 15) is 4.79 Å². The van der Waals surface area contributed by atoms with Crippen LogP contribution in [0.5, 0.6) is 0 Å². The number of hydrogen-bond acceptors (Lipinski definition) is 2. The average molecular weight is 259 g/mol. The van der Waals surface area contributed by atoms with Gasteiger partial charge in [0.25, 0.3) is 0 Å². The third kappa shape index (κ3) is 2.72. The molecule has 0 bridgehead atoms. The van der Waals surface area contributed by atoms with Crippen LogP contribution >= 0.6 is 0 Å². The summed E-state index contributed by atoms with van der Waals surface area (Å²) in [6.07, 6.45) is 13.3. The van der Waals surface area contributed by atoms with E-state index in [2.05, 4.69) is 22.2 Å². The van der Waals surface area contributed by atoms with Gasteiger partial charge in [0, 0.05) is 24.9 Å². The van der Waals surface area contributed by atoms with Gasteiger partial charge in [-0.15, -0.1) is 0 Å². The monoisotopic (exact) mass is 259 g/mol. The first-order valence-corrected chi connectivity index (χ1v) is 7.27. The normalized spacial score (nSPS) is 26.8. The maximum absolute atomic E-state index is 12.6. The van der Waals surface area contributed by atoms with Gasteiger partial charge in [0.2, 0.25) is 5.91 Å². The number of likely N-dealkylation sites (tertiary alicyclic amines) is 1. The van der Waals surface area contributed by atoms with E-state index in [4.69, 9.17) is 0 Å². The van der Waals surface area contributed by atoms with Crippen LogP contribution in [0.1, 0.15) is 32.1 Å². The summed E-state index contributed by atoms with van der Waals surface area (Å²) in [7, 11) is 0. The number of aromatic nitrogens is 2. The molecule has 1 aromatic heterocycles. The molecule has 19 heavy (non-hydrogen) atoms. The van der Waals surface area contributed by atoms with Gasteiger partial charge in [0.15, 0.2) is 0 Å². The molecule has 0 aromatic carbocycles. The zero-order valence-electron chi connectivity index (χ0n) is 11.2. The Labute approximate surface area is 114 Å². The molecule has 1 amide bonds. The quantitative estimate of drug-likeness (QED) is 0.781. The molecule has 0 spiro atoms. The van der Waals surface area contributed by atoms with Gasteiger partial charge in [-0.25, -0.2) is 0 Å². The van der Waals surface area contributed by atoms with Gasteiger partial charge < -0.3 is 4.90 Å². The van der Waals surface area contributed by atoms with Crippen molar-refractivity contribution >= 4 is 5.91 Å². The van der Waals surface area contributed by atoms with E-state index in [0.717, 1.165) is 45.2 Å². The van der Waals surface area contributed by atoms with Crippen molar-refractivity contribution in [2.45, 2.75) is 44.7 Å². The summed E-state index contributed by atoms with van der Waals surface area (Å²) >= 11 is 0. The van der Waals surface area contributed by atoms with Gasteiger partial charge in [-0.05, 0) is 38.2 Å². The molecule has 2 atom stereocenters. The van der Waals surface area contributed by atoms with Crippen LogP contribution in [0.4, 0.5) is 0 Å². The van der Waals surface area contributed by atoms with Crippen molar-refractivity contribution in [1.82, 2.24) is 14.7 Å². The SMILES string of the molecule is O=C([C@@H]1CC=CCC1)N1CCC[C@H]1Cn1cccn1. The van der Waals surface area contributed by atoms with Gasteiger partial charge in [-0.2, -0.15) is 5.10 Å². The highest BCUT2D eigenvalue weighted by Gasteiger charge is 2.33. The third-order valence-electron chi connectivity index (χ3n) is 4.24. The first-order valence-electron chi connectivity index (χ1n) is 7.27. The lowest BCUT2D eigenvalue weighted by Gasteiger charge is -2.29. The molecule has 0 radical (unpaired) electrons. The Balaban J connectivity index is 1.65. The molecule has 1 aromatic rings. The van der Waals surface area contributed by atoms with Crippen molar-refractivity contribution in [2.75, 3.05) is 6.54 Å². The smallest absolute Gasteiger partial charge is 0.226 e. The maximum Gasteiger partial charge on any atom is 0.226 e. The van der Waals surface area contributed by atoms with Crippen LogP contribution in [0, 0.1) is 5.92 Å². The van der Waals surface area contributed by atoms with Crippen LogP contribution in [-0.4, -0.2) is 33.2 Å². The molecule has 0 saturated carbocycles. The lowest BCUT2D eigenvalue weighted by Crippen LogP contribution is -2.41. The highest BCUT2D eigenvalue weighted by atomic mass is 16.2. The van der Waals surface area contributed by atoms with E-state index >= 15 is 0 Å². The minimum atomic E-state index is 0.211. The van der Waals surface area contributed by atoms with Gasteiger partial charge in [0.05, 0.1) is 12.6 Å². The van der Waals surface area contributed by atoms with Gasteiger partial charge in [-0.3, -0.25) is 9.48 Å². The van der Waals surface area contributed by atoms with Crippen molar-refractivity contribution in [1.29, 1.82) is 0 Å². The van der Waals surface area contributed by atoms with Crippen molar-refractivity contribution in [3.8, 4) is 0 Å². The molecule has 2 aliphatic rings. The molecule has 1 fully saturated rings. The summed E-state index contributed by atoms with van der Waals surface area (Å²) in [5.74, 6) is 0.572. The molecular formula is C15H21N3O. The van der Waals surface area contributed by atoms with Crippen LogP contribution in [0.15, 0.2) is 30.6 Å². The van der Waals surface area contributed by atoms with E-state index in [-0.39, 0.29) is 5.92 Å². The van der Waals surface area contributed by atoms with Crippen molar-refractivity contribution in [2.24, 2.45) is 5.92 Å². The minimum absolute atomic E-state index is 0.211. The van der Waals surface area contributed by atoms with E-state index in [1.807, 2.05) is 16.9 Å². The zero-order chi connectivity index (χ0) is 13.1. The maximum atomic E-state index is 12.6. The summed E-state index contributed by atoms with van der Waals surface area (Å²) in [5, 5.41) is 4.25. The van der Waals surface area contributed by atoms with E-state index < -0.39 is 0 Å². The summed E-state index contributed by atoms with van der Waals surface area (Å²) < 4.78 is 1.94. The van der Waals surface area contributed by atoms with Crippen molar-refractivity contribution in [3.05, 3.63) is 30.6 Å². The molecule has 0 N–H and O–H groups in total. The lowest BCUT2D eigenvalue weighted by molar-refractivity contribution is -0.136. The second-order valence-electron chi connectivity index (χ2n) is 5.54. The fourth-order valence-corrected chi connectivity index (χ4v) is 3.19. The number of nitrogens with zero attached hydrogens (tertiary/aromatic N) is 3.